The summed E-state index contributed by atoms with van der Waals surface area (Å²) in [5, 5.41) is 3.64. The molecule has 1 unspecified atom stereocenters. The van der Waals surface area contributed by atoms with E-state index in [9.17, 15) is 0 Å². The molecule has 15 heavy (non-hydrogen) atoms. The lowest BCUT2D eigenvalue weighted by Gasteiger charge is -2.28. The summed E-state index contributed by atoms with van der Waals surface area (Å²) in [6, 6.07) is 0.719. The molecule has 0 aromatic carbocycles. The van der Waals surface area contributed by atoms with Gasteiger partial charge < -0.3 is 10.1 Å². The molecule has 1 atom stereocenters. The Morgan fingerprint density at radius 1 is 1.27 bits per heavy atom. The first kappa shape index (κ1) is 11.1. The maximum absolute atomic E-state index is 5.32. The molecule has 1 aliphatic heterocycles. The first-order valence-corrected chi connectivity index (χ1v) is 6.13. The van der Waals surface area contributed by atoms with Crippen molar-refractivity contribution in [2.75, 3.05) is 39.4 Å². The Morgan fingerprint density at radius 3 is 2.87 bits per heavy atom. The highest BCUT2D eigenvalue weighted by molar-refractivity contribution is 4.92. The van der Waals surface area contributed by atoms with Crippen molar-refractivity contribution in [3.8, 4) is 0 Å². The van der Waals surface area contributed by atoms with Gasteiger partial charge in [0.15, 0.2) is 0 Å². The minimum absolute atomic E-state index is 0.719. The quantitative estimate of drug-likeness (QED) is 0.701. The fourth-order valence-electron chi connectivity index (χ4n) is 2.23. The molecule has 1 heterocycles. The van der Waals surface area contributed by atoms with Gasteiger partial charge in [-0.15, -0.1) is 0 Å². The number of nitrogens with zero attached hydrogens (tertiary/aromatic N) is 1. The predicted octanol–water partition coefficient (Wildman–Crippen LogP) is 1.02. The van der Waals surface area contributed by atoms with Crippen LogP contribution in [0, 0.1) is 0 Å². The van der Waals surface area contributed by atoms with E-state index < -0.39 is 0 Å². The van der Waals surface area contributed by atoms with Crippen molar-refractivity contribution in [1.82, 2.24) is 10.2 Å². The zero-order valence-electron chi connectivity index (χ0n) is 9.45. The first-order valence-electron chi connectivity index (χ1n) is 6.13. The van der Waals surface area contributed by atoms with Crippen LogP contribution in [-0.4, -0.2) is 50.3 Å². The van der Waals surface area contributed by atoms with Crippen molar-refractivity contribution in [3.05, 3.63) is 12.2 Å². The van der Waals surface area contributed by atoms with E-state index in [0.717, 1.165) is 38.9 Å². The molecule has 3 nitrogen and oxygen atoms in total. The van der Waals surface area contributed by atoms with Crippen molar-refractivity contribution in [2.45, 2.75) is 25.3 Å². The van der Waals surface area contributed by atoms with Gasteiger partial charge in [0.05, 0.1) is 13.2 Å². The van der Waals surface area contributed by atoms with Crippen LogP contribution in [-0.2, 0) is 4.74 Å². The highest BCUT2D eigenvalue weighted by Gasteiger charge is 2.11. The van der Waals surface area contributed by atoms with Gasteiger partial charge in [-0.25, -0.2) is 0 Å². The van der Waals surface area contributed by atoms with Gasteiger partial charge in [-0.05, 0) is 19.3 Å². The molecule has 0 amide bonds. The molecule has 0 spiro atoms. The van der Waals surface area contributed by atoms with Crippen molar-refractivity contribution >= 4 is 0 Å². The highest BCUT2D eigenvalue weighted by Crippen LogP contribution is 2.09. The summed E-state index contributed by atoms with van der Waals surface area (Å²) in [5.74, 6) is 0. The summed E-state index contributed by atoms with van der Waals surface area (Å²) in [6.45, 7) is 6.32. The van der Waals surface area contributed by atoms with Crippen LogP contribution in [0.4, 0.5) is 0 Å². The van der Waals surface area contributed by atoms with E-state index in [1.165, 1.54) is 25.8 Å². The molecular weight excluding hydrogens is 188 g/mol. The Kier molecular flexibility index (Phi) is 4.64. The molecule has 0 aromatic rings. The number of nitrogens with one attached hydrogen (secondary N) is 1. The van der Waals surface area contributed by atoms with Crippen LogP contribution in [0.3, 0.4) is 0 Å². The summed E-state index contributed by atoms with van der Waals surface area (Å²) in [5.41, 5.74) is 0. The zero-order chi connectivity index (χ0) is 10.3. The summed E-state index contributed by atoms with van der Waals surface area (Å²) in [6.07, 6.45) is 8.36. The molecule has 0 saturated carbocycles. The SMILES string of the molecule is C1=CCC(NCCN2CCOCC2)CC1. The Labute approximate surface area is 92.5 Å². The lowest BCUT2D eigenvalue weighted by atomic mass is 10.0. The van der Waals surface area contributed by atoms with Crippen LogP contribution >= 0.6 is 0 Å². The molecule has 1 saturated heterocycles. The van der Waals surface area contributed by atoms with Crippen LogP contribution in [0.15, 0.2) is 12.2 Å². The average Bonchev–Trinajstić information content (AvgIpc) is 2.32. The largest absolute Gasteiger partial charge is 0.379 e. The van der Waals surface area contributed by atoms with E-state index in [4.69, 9.17) is 4.74 Å². The molecular formula is C12H22N2O. The molecule has 0 bridgehead atoms. The van der Waals surface area contributed by atoms with Gasteiger partial charge in [0, 0.05) is 32.2 Å². The molecule has 1 N–H and O–H groups in total. The lowest BCUT2D eigenvalue weighted by Crippen LogP contribution is -2.42. The van der Waals surface area contributed by atoms with Gasteiger partial charge in [-0.2, -0.15) is 0 Å². The van der Waals surface area contributed by atoms with Gasteiger partial charge in [-0.1, -0.05) is 12.2 Å². The Bertz CT molecular complexity index is 200. The third-order valence-electron chi connectivity index (χ3n) is 3.23. The summed E-state index contributed by atoms with van der Waals surface area (Å²) < 4.78 is 5.32. The summed E-state index contributed by atoms with van der Waals surface area (Å²) in [7, 11) is 0. The Morgan fingerprint density at radius 2 is 2.13 bits per heavy atom. The molecule has 1 aliphatic carbocycles. The smallest absolute Gasteiger partial charge is 0.0594 e. The van der Waals surface area contributed by atoms with Crippen LogP contribution in [0.2, 0.25) is 0 Å². The number of hydrogen-bond donors (Lipinski definition) is 1. The van der Waals surface area contributed by atoms with Gasteiger partial charge in [0.25, 0.3) is 0 Å². The Balaban J connectivity index is 1.55. The number of ether oxygens (including phenoxy) is 1. The van der Waals surface area contributed by atoms with Crippen molar-refractivity contribution in [2.24, 2.45) is 0 Å². The van der Waals surface area contributed by atoms with Crippen molar-refractivity contribution < 1.29 is 4.74 Å². The second-order valence-corrected chi connectivity index (χ2v) is 4.39. The fourth-order valence-corrected chi connectivity index (χ4v) is 2.23. The topological polar surface area (TPSA) is 24.5 Å². The van der Waals surface area contributed by atoms with Crippen LogP contribution < -0.4 is 5.32 Å². The normalized spacial score (nSPS) is 28.1. The standard InChI is InChI=1S/C12H22N2O/c1-2-4-12(5-3-1)13-6-7-14-8-10-15-11-9-14/h1-2,12-13H,3-11H2. The number of allylic oxidation sites excluding steroid dienone is 1. The molecule has 86 valence electrons. The number of morpholine rings is 1. The van der Waals surface area contributed by atoms with Crippen LogP contribution in [0.25, 0.3) is 0 Å². The zero-order valence-corrected chi connectivity index (χ0v) is 9.45. The summed E-state index contributed by atoms with van der Waals surface area (Å²) in [4.78, 5) is 2.48. The average molecular weight is 210 g/mol. The maximum Gasteiger partial charge on any atom is 0.0594 e. The van der Waals surface area contributed by atoms with Crippen LogP contribution in [0.1, 0.15) is 19.3 Å². The van der Waals surface area contributed by atoms with Crippen molar-refractivity contribution in [1.29, 1.82) is 0 Å². The van der Waals surface area contributed by atoms with Crippen molar-refractivity contribution in [3.63, 3.8) is 0 Å². The second-order valence-electron chi connectivity index (χ2n) is 4.39. The monoisotopic (exact) mass is 210 g/mol. The van der Waals surface area contributed by atoms with E-state index in [0.29, 0.717) is 0 Å². The number of rotatable bonds is 4. The molecule has 3 heteroatoms. The van der Waals surface area contributed by atoms with Gasteiger partial charge in [0.1, 0.15) is 0 Å². The van der Waals surface area contributed by atoms with E-state index in [2.05, 4.69) is 22.4 Å². The third kappa shape index (κ3) is 3.93. The third-order valence-corrected chi connectivity index (χ3v) is 3.23. The first-order chi connectivity index (χ1) is 7.45. The van der Waals surface area contributed by atoms with E-state index in [-0.39, 0.29) is 0 Å². The lowest BCUT2D eigenvalue weighted by molar-refractivity contribution is 0.0381. The number of hydrogen-bond acceptors (Lipinski definition) is 3. The highest BCUT2D eigenvalue weighted by atomic mass is 16.5. The van der Waals surface area contributed by atoms with Gasteiger partial charge >= 0.3 is 0 Å². The molecule has 2 rings (SSSR count). The van der Waals surface area contributed by atoms with E-state index in [1.54, 1.807) is 0 Å². The summed E-state index contributed by atoms with van der Waals surface area (Å²) >= 11 is 0. The minimum atomic E-state index is 0.719. The molecule has 0 radical (unpaired) electrons. The fraction of sp³-hybridized carbons (Fsp3) is 0.833. The molecule has 1 fully saturated rings. The van der Waals surface area contributed by atoms with Gasteiger partial charge in [-0.3, -0.25) is 4.90 Å². The minimum Gasteiger partial charge on any atom is -0.379 e. The van der Waals surface area contributed by atoms with Crippen LogP contribution in [0.5, 0.6) is 0 Å². The second kappa shape index (κ2) is 6.26. The van der Waals surface area contributed by atoms with E-state index >= 15 is 0 Å². The Hall–Kier alpha value is -0.380. The maximum atomic E-state index is 5.32. The molecule has 2 aliphatic rings. The predicted molar refractivity (Wildman–Crippen MR) is 62.0 cm³/mol. The van der Waals surface area contributed by atoms with Gasteiger partial charge in [0.2, 0.25) is 0 Å². The van der Waals surface area contributed by atoms with E-state index in [1.807, 2.05) is 0 Å². The molecule has 0 aromatic heterocycles.